The summed E-state index contributed by atoms with van der Waals surface area (Å²) < 4.78 is 9.53. The fraction of sp³-hybridized carbons (Fsp3) is 0.364. The molecular weight excluding hydrogens is 295 g/mol. The number of halogens is 2. The number of hydrogen-bond acceptors (Lipinski definition) is 3. The summed E-state index contributed by atoms with van der Waals surface area (Å²) in [6.07, 6.45) is 0. The van der Waals surface area contributed by atoms with E-state index in [0.29, 0.717) is 17.1 Å². The minimum atomic E-state index is -0.732. The van der Waals surface area contributed by atoms with E-state index in [-0.39, 0.29) is 5.78 Å². The number of ether oxygens (including phenoxy) is 2. The van der Waals surface area contributed by atoms with Gasteiger partial charge < -0.3 is 9.47 Å². The molecule has 0 saturated heterocycles. The second-order valence-corrected chi connectivity index (χ2v) is 5.07. The van der Waals surface area contributed by atoms with Crippen LogP contribution in [0.25, 0.3) is 0 Å². The van der Waals surface area contributed by atoms with Crippen LogP contribution in [0.1, 0.15) is 15.9 Å². The number of Topliss-reactive ketones (excluding diaryl/α,β-unsaturated/α-hetero) is 1. The molecule has 1 rings (SSSR count). The first-order valence-corrected chi connectivity index (χ1v) is 5.91. The van der Waals surface area contributed by atoms with Crippen LogP contribution in [0.15, 0.2) is 12.1 Å². The van der Waals surface area contributed by atoms with E-state index in [1.54, 1.807) is 19.2 Å². The van der Waals surface area contributed by atoms with Gasteiger partial charge in [-0.05, 0) is 24.6 Å². The Balaban J connectivity index is 3.26. The summed E-state index contributed by atoms with van der Waals surface area (Å²) >= 11 is 8.74. The SMILES string of the molecule is COc1cc(C)c(C(=O)C(Cl)Br)cc1OC. The fourth-order valence-corrected chi connectivity index (χ4v) is 1.73. The summed E-state index contributed by atoms with van der Waals surface area (Å²) in [5, 5.41) is 0. The molecule has 88 valence electrons. The van der Waals surface area contributed by atoms with Crippen LogP contribution in [-0.2, 0) is 0 Å². The molecule has 0 aliphatic carbocycles. The number of methoxy groups -OCH3 is 2. The number of carbonyl (C=O) groups is 1. The van der Waals surface area contributed by atoms with Crippen LogP contribution in [-0.4, -0.2) is 24.3 Å². The maximum atomic E-state index is 11.8. The Kier molecular flexibility index (Phi) is 4.62. The third-order valence-electron chi connectivity index (χ3n) is 2.19. The quantitative estimate of drug-likeness (QED) is 0.633. The van der Waals surface area contributed by atoms with Crippen LogP contribution >= 0.6 is 27.5 Å². The van der Waals surface area contributed by atoms with Gasteiger partial charge in [-0.15, -0.1) is 11.6 Å². The van der Waals surface area contributed by atoms with E-state index in [9.17, 15) is 4.79 Å². The largest absolute Gasteiger partial charge is 0.493 e. The maximum Gasteiger partial charge on any atom is 0.191 e. The predicted octanol–water partition coefficient (Wildman–Crippen LogP) is 3.15. The Bertz CT molecular complexity index is 404. The van der Waals surface area contributed by atoms with E-state index in [4.69, 9.17) is 21.1 Å². The first-order chi connectivity index (χ1) is 7.51. The molecule has 0 aliphatic rings. The molecule has 0 saturated carbocycles. The summed E-state index contributed by atoms with van der Waals surface area (Å²) in [4.78, 5) is 11.8. The Morgan fingerprint density at radius 3 is 2.25 bits per heavy atom. The molecule has 0 fully saturated rings. The lowest BCUT2D eigenvalue weighted by Crippen LogP contribution is -2.10. The molecule has 0 bridgehead atoms. The van der Waals surface area contributed by atoms with Crippen molar-refractivity contribution in [2.45, 2.75) is 11.2 Å². The molecule has 0 N–H and O–H groups in total. The van der Waals surface area contributed by atoms with Crippen LogP contribution < -0.4 is 9.47 Å². The highest BCUT2D eigenvalue weighted by Gasteiger charge is 2.19. The van der Waals surface area contributed by atoms with Crippen LogP contribution in [0.2, 0.25) is 0 Å². The van der Waals surface area contributed by atoms with Gasteiger partial charge in [0.15, 0.2) is 21.6 Å². The number of ketones is 1. The van der Waals surface area contributed by atoms with E-state index < -0.39 is 4.29 Å². The summed E-state index contributed by atoms with van der Waals surface area (Å²) in [5.41, 5.74) is 1.32. The number of alkyl halides is 2. The van der Waals surface area contributed by atoms with Gasteiger partial charge in [0.1, 0.15) is 0 Å². The average Bonchev–Trinajstić information content (AvgIpc) is 2.27. The number of carbonyl (C=O) groups excluding carboxylic acids is 1. The normalized spacial score (nSPS) is 12.1. The van der Waals surface area contributed by atoms with Crippen molar-refractivity contribution in [3.05, 3.63) is 23.3 Å². The Labute approximate surface area is 108 Å². The molecule has 0 aromatic heterocycles. The first kappa shape index (κ1) is 13.3. The van der Waals surface area contributed by atoms with Gasteiger partial charge in [-0.3, -0.25) is 4.79 Å². The summed E-state index contributed by atoms with van der Waals surface area (Å²) in [6, 6.07) is 3.38. The zero-order valence-corrected chi connectivity index (χ0v) is 11.6. The molecule has 0 radical (unpaired) electrons. The topological polar surface area (TPSA) is 35.5 Å². The molecule has 16 heavy (non-hydrogen) atoms. The van der Waals surface area contributed by atoms with Gasteiger partial charge in [-0.1, -0.05) is 15.9 Å². The van der Waals surface area contributed by atoms with Crippen LogP contribution in [0.3, 0.4) is 0 Å². The van der Waals surface area contributed by atoms with Crippen LogP contribution in [0.5, 0.6) is 11.5 Å². The molecule has 0 aliphatic heterocycles. The second kappa shape index (κ2) is 5.55. The molecule has 3 nitrogen and oxygen atoms in total. The highest BCUT2D eigenvalue weighted by molar-refractivity contribution is 9.10. The average molecular weight is 308 g/mol. The summed E-state index contributed by atoms with van der Waals surface area (Å²) in [5.74, 6) is 0.915. The standard InChI is InChI=1S/C11H12BrClO3/c1-6-4-8(15-2)9(16-3)5-7(6)10(14)11(12)13/h4-5,11H,1-3H3. The van der Waals surface area contributed by atoms with Gasteiger partial charge >= 0.3 is 0 Å². The third kappa shape index (κ3) is 2.68. The van der Waals surface area contributed by atoms with Gasteiger partial charge in [0.05, 0.1) is 14.2 Å². The van der Waals surface area contributed by atoms with E-state index in [2.05, 4.69) is 15.9 Å². The molecule has 5 heteroatoms. The molecule has 1 aromatic carbocycles. The zero-order chi connectivity index (χ0) is 12.3. The van der Waals surface area contributed by atoms with E-state index in [1.165, 1.54) is 7.11 Å². The van der Waals surface area contributed by atoms with E-state index >= 15 is 0 Å². The third-order valence-corrected chi connectivity index (χ3v) is 2.81. The van der Waals surface area contributed by atoms with Gasteiger partial charge in [0.2, 0.25) is 0 Å². The van der Waals surface area contributed by atoms with Crippen molar-refractivity contribution in [3.8, 4) is 11.5 Å². The zero-order valence-electron chi connectivity index (χ0n) is 9.21. The predicted molar refractivity (Wildman–Crippen MR) is 67.2 cm³/mol. The molecular formula is C11H12BrClO3. The molecule has 0 amide bonds. The number of benzene rings is 1. The van der Waals surface area contributed by atoms with Crippen molar-refractivity contribution in [1.29, 1.82) is 0 Å². The van der Waals surface area contributed by atoms with E-state index in [1.807, 2.05) is 6.92 Å². The fourth-order valence-electron chi connectivity index (χ4n) is 1.36. The molecule has 1 atom stereocenters. The van der Waals surface area contributed by atoms with Gasteiger partial charge in [-0.2, -0.15) is 0 Å². The van der Waals surface area contributed by atoms with E-state index in [0.717, 1.165) is 5.56 Å². The molecule has 0 spiro atoms. The number of aryl methyl sites for hydroxylation is 1. The van der Waals surface area contributed by atoms with Crippen molar-refractivity contribution >= 4 is 33.3 Å². The summed E-state index contributed by atoms with van der Waals surface area (Å²) in [6.45, 7) is 1.82. The second-order valence-electron chi connectivity index (χ2n) is 3.19. The Morgan fingerprint density at radius 2 is 1.81 bits per heavy atom. The highest BCUT2D eigenvalue weighted by atomic mass is 79.9. The van der Waals surface area contributed by atoms with Crippen molar-refractivity contribution in [2.24, 2.45) is 0 Å². The monoisotopic (exact) mass is 306 g/mol. The smallest absolute Gasteiger partial charge is 0.191 e. The Morgan fingerprint density at radius 1 is 1.31 bits per heavy atom. The molecule has 1 unspecified atom stereocenters. The highest BCUT2D eigenvalue weighted by Crippen LogP contribution is 2.31. The number of hydrogen-bond donors (Lipinski definition) is 0. The lowest BCUT2D eigenvalue weighted by molar-refractivity contribution is 0.101. The minimum absolute atomic E-state index is 0.194. The first-order valence-electron chi connectivity index (χ1n) is 4.56. The minimum Gasteiger partial charge on any atom is -0.493 e. The lowest BCUT2D eigenvalue weighted by Gasteiger charge is -2.12. The molecule has 1 aromatic rings. The summed E-state index contributed by atoms with van der Waals surface area (Å²) in [7, 11) is 3.07. The van der Waals surface area contributed by atoms with Crippen molar-refractivity contribution < 1.29 is 14.3 Å². The maximum absolute atomic E-state index is 11.8. The Hall–Kier alpha value is -0.740. The van der Waals surface area contributed by atoms with Crippen LogP contribution in [0.4, 0.5) is 0 Å². The molecule has 0 heterocycles. The van der Waals surface area contributed by atoms with Crippen molar-refractivity contribution in [1.82, 2.24) is 0 Å². The van der Waals surface area contributed by atoms with Gasteiger partial charge in [-0.25, -0.2) is 0 Å². The lowest BCUT2D eigenvalue weighted by atomic mass is 10.0. The van der Waals surface area contributed by atoms with Gasteiger partial charge in [0, 0.05) is 5.56 Å². The van der Waals surface area contributed by atoms with Crippen LogP contribution in [0, 0.1) is 6.92 Å². The number of rotatable bonds is 4. The van der Waals surface area contributed by atoms with Crippen molar-refractivity contribution in [2.75, 3.05) is 14.2 Å². The van der Waals surface area contributed by atoms with Crippen molar-refractivity contribution in [3.63, 3.8) is 0 Å². The van der Waals surface area contributed by atoms with Gasteiger partial charge in [0.25, 0.3) is 0 Å².